The van der Waals surface area contributed by atoms with E-state index in [1.807, 2.05) is 5.48 Å². The van der Waals surface area contributed by atoms with E-state index in [0.717, 1.165) is 0 Å². The standard InChI is InChI=1S/C29H32N2O11.C24H27NO10/c1-8-13-29(6)25(36-7)24(41-28(35)31-38-15-10-3)22(33)27(42-29)39-19-12-11-18-21(32)20(17(5)30-37-14-9-2)26(34)40-23(18)16(19)4;1-7-10-24(4)20(29-5)18-19(34-23(28)33-18)22(35-24)31-14-9-8-13-16(26)15(12(3)25-30-6)21(27)32-17(13)11(14)2/h2-3,8,11-12,22,24-25,27,32-33H,1,13-15H2,4-7H3,(H,31,35);7-9,18-20,22,26H,1,10H2,2-6H3/b30-17+;/t22-,24+,25-,27?,29+;18-,19+,20+,22?,24-/m10/s1. The van der Waals surface area contributed by atoms with Gasteiger partial charge in [-0.3, -0.25) is 4.84 Å². The molecule has 24 nitrogen and oxygen atoms in total. The fourth-order valence-electron chi connectivity index (χ4n) is 9.20. The van der Waals surface area contributed by atoms with Crippen molar-refractivity contribution in [1.82, 2.24) is 5.48 Å². The van der Waals surface area contributed by atoms with E-state index in [4.69, 9.17) is 78.8 Å². The number of benzene rings is 2. The minimum atomic E-state index is -1.56. The number of aliphatic hydroxyl groups excluding tert-OH is 1. The van der Waals surface area contributed by atoms with Crippen molar-refractivity contribution in [2.24, 2.45) is 10.3 Å². The van der Waals surface area contributed by atoms with Gasteiger partial charge in [0, 0.05) is 25.3 Å². The van der Waals surface area contributed by atoms with Crippen LogP contribution in [0, 0.1) is 38.5 Å². The molecule has 1 amide bonds. The molecule has 3 fully saturated rings. The second kappa shape index (κ2) is 24.7. The van der Waals surface area contributed by atoms with E-state index in [0.29, 0.717) is 23.3 Å². The number of aromatic hydroxyl groups is 2. The molecule has 412 valence electrons. The van der Waals surface area contributed by atoms with Gasteiger partial charge in [0.05, 0.1) is 22.2 Å². The van der Waals surface area contributed by atoms with Crippen LogP contribution >= 0.6 is 0 Å². The number of rotatable bonds is 18. The highest BCUT2D eigenvalue weighted by Gasteiger charge is 2.60. The minimum absolute atomic E-state index is 0.0165. The van der Waals surface area contributed by atoms with Crippen LogP contribution in [0.15, 0.2) is 78.3 Å². The van der Waals surface area contributed by atoms with E-state index in [-0.39, 0.29) is 81.4 Å². The molecule has 5 heterocycles. The van der Waals surface area contributed by atoms with Crippen molar-refractivity contribution >= 4 is 45.6 Å². The first-order valence-electron chi connectivity index (χ1n) is 23.5. The molecular weight excluding hydrogens is 1010 g/mol. The van der Waals surface area contributed by atoms with Crippen LogP contribution in [0.4, 0.5) is 9.59 Å². The second-order valence-corrected chi connectivity index (χ2v) is 17.9. The predicted molar refractivity (Wildman–Crippen MR) is 272 cm³/mol. The molecule has 0 saturated carbocycles. The molecule has 3 aliphatic heterocycles. The van der Waals surface area contributed by atoms with Gasteiger partial charge in [-0.1, -0.05) is 34.3 Å². The molecule has 2 aromatic heterocycles. The molecule has 0 bridgehead atoms. The number of nitrogens with one attached hydrogen (secondary N) is 1. The zero-order chi connectivity index (χ0) is 56.5. The fourth-order valence-corrected chi connectivity index (χ4v) is 9.20. The molecule has 4 N–H and O–H groups in total. The Hall–Kier alpha value is -8.10. The van der Waals surface area contributed by atoms with Crippen LogP contribution in [-0.2, 0) is 47.7 Å². The van der Waals surface area contributed by atoms with Crippen molar-refractivity contribution in [3.63, 3.8) is 0 Å². The molecule has 4 aromatic rings. The van der Waals surface area contributed by atoms with Crippen molar-refractivity contribution in [3.8, 4) is 47.7 Å². The van der Waals surface area contributed by atoms with E-state index in [2.05, 4.69) is 35.3 Å². The summed E-state index contributed by atoms with van der Waals surface area (Å²) in [5.41, 5.74) is -0.970. The number of ether oxygens (including phenoxy) is 9. The van der Waals surface area contributed by atoms with Crippen molar-refractivity contribution in [3.05, 3.63) is 92.7 Å². The maximum Gasteiger partial charge on any atom is 0.509 e. The number of aliphatic hydroxyl groups is 1. The molecule has 3 aliphatic rings. The third-order valence-corrected chi connectivity index (χ3v) is 12.7. The first-order chi connectivity index (χ1) is 36.7. The number of oxime groups is 2. The van der Waals surface area contributed by atoms with E-state index in [1.165, 1.54) is 53.4 Å². The van der Waals surface area contributed by atoms with E-state index < -0.39 is 83.9 Å². The molecule has 0 aliphatic carbocycles. The van der Waals surface area contributed by atoms with Crippen molar-refractivity contribution in [2.75, 3.05) is 34.5 Å². The third kappa shape index (κ3) is 12.0. The smallest absolute Gasteiger partial charge is 0.506 e. The molecule has 3 saturated heterocycles. The third-order valence-electron chi connectivity index (χ3n) is 12.7. The van der Waals surface area contributed by atoms with Crippen molar-refractivity contribution in [2.45, 2.75) is 115 Å². The number of fused-ring (bicyclic) bond motifs is 3. The molecular formula is C53H59N3O21. The number of hydrogen-bond acceptors (Lipinski definition) is 23. The summed E-state index contributed by atoms with van der Waals surface area (Å²) in [4.78, 5) is 64.1. The first-order valence-corrected chi connectivity index (χ1v) is 23.5. The number of carbonyl (C=O) groups excluding carboxylic acids is 2. The Morgan fingerprint density at radius 1 is 0.766 bits per heavy atom. The number of terminal acetylenes is 2. The maximum atomic E-state index is 12.8. The summed E-state index contributed by atoms with van der Waals surface area (Å²) in [5.74, 6) is 4.17. The monoisotopic (exact) mass is 1070 g/mol. The van der Waals surface area contributed by atoms with Crippen molar-refractivity contribution < 1.29 is 90.9 Å². The highest BCUT2D eigenvalue weighted by molar-refractivity contribution is 6.05. The van der Waals surface area contributed by atoms with Crippen molar-refractivity contribution in [1.29, 1.82) is 0 Å². The normalized spacial score (nSPS) is 25.8. The Balaban J connectivity index is 0.000000253. The van der Waals surface area contributed by atoms with Gasteiger partial charge < -0.3 is 76.5 Å². The largest absolute Gasteiger partial charge is 0.509 e. The maximum absolute atomic E-state index is 12.8. The summed E-state index contributed by atoms with van der Waals surface area (Å²) in [7, 11) is 4.20. The minimum Gasteiger partial charge on any atom is -0.506 e. The van der Waals surface area contributed by atoms with E-state index in [1.54, 1.807) is 45.9 Å². The van der Waals surface area contributed by atoms with Gasteiger partial charge in [-0.15, -0.1) is 26.0 Å². The zero-order valence-electron chi connectivity index (χ0n) is 43.6. The molecule has 10 atom stereocenters. The Kier molecular flexibility index (Phi) is 18.7. The Bertz CT molecular complexity index is 3150. The van der Waals surface area contributed by atoms with Crippen LogP contribution in [0.5, 0.6) is 23.0 Å². The number of hydrogen-bond donors (Lipinski definition) is 4. The lowest BCUT2D eigenvalue weighted by Gasteiger charge is -2.48. The summed E-state index contributed by atoms with van der Waals surface area (Å²) in [6, 6.07) is 6.07. The Labute approximate surface area is 440 Å². The topological polar surface area (TPSA) is 303 Å². The van der Waals surface area contributed by atoms with Gasteiger partial charge in [0.1, 0.15) is 82.4 Å². The second-order valence-electron chi connectivity index (χ2n) is 17.9. The Morgan fingerprint density at radius 3 is 1.77 bits per heavy atom. The van der Waals surface area contributed by atoms with Crippen LogP contribution < -0.4 is 26.2 Å². The summed E-state index contributed by atoms with van der Waals surface area (Å²) < 4.78 is 62.8. The summed E-state index contributed by atoms with van der Waals surface area (Å²) in [6.45, 7) is 16.9. The highest BCUT2D eigenvalue weighted by Crippen LogP contribution is 2.43. The van der Waals surface area contributed by atoms with E-state index >= 15 is 0 Å². The van der Waals surface area contributed by atoms with Crippen LogP contribution in [0.2, 0.25) is 0 Å². The van der Waals surface area contributed by atoms with E-state index in [9.17, 15) is 34.5 Å². The van der Waals surface area contributed by atoms with Gasteiger partial charge in [0.15, 0.2) is 24.9 Å². The van der Waals surface area contributed by atoms with Gasteiger partial charge in [-0.2, -0.15) is 5.48 Å². The summed E-state index contributed by atoms with van der Waals surface area (Å²) in [5, 5.41) is 40.7. The predicted octanol–water partition coefficient (Wildman–Crippen LogP) is 5.45. The first kappa shape index (κ1) is 58.2. The Morgan fingerprint density at radius 2 is 1.26 bits per heavy atom. The van der Waals surface area contributed by atoms with Crippen LogP contribution in [0.3, 0.4) is 0 Å². The number of hydroxylamine groups is 1. The number of carbonyl (C=O) groups is 2. The average Bonchev–Trinajstić information content (AvgIpc) is 3.78. The summed E-state index contributed by atoms with van der Waals surface area (Å²) in [6.07, 6.45) is 3.64. The molecule has 2 aromatic carbocycles. The lowest BCUT2D eigenvalue weighted by atomic mass is 9.85. The molecule has 77 heavy (non-hydrogen) atoms. The van der Waals surface area contributed by atoms with Gasteiger partial charge in [-0.05, 0) is 78.6 Å². The molecule has 2 unspecified atom stereocenters. The van der Waals surface area contributed by atoms with Gasteiger partial charge in [0.2, 0.25) is 18.7 Å². The van der Waals surface area contributed by atoms with Crippen LogP contribution in [0.25, 0.3) is 21.9 Å². The zero-order valence-corrected chi connectivity index (χ0v) is 43.6. The summed E-state index contributed by atoms with van der Waals surface area (Å²) >= 11 is 0. The van der Waals surface area contributed by atoms with Gasteiger partial charge >= 0.3 is 23.5 Å². The van der Waals surface area contributed by atoms with Crippen LogP contribution in [0.1, 0.15) is 62.8 Å². The quantitative estimate of drug-likeness (QED) is 0.0183. The number of methoxy groups -OCH3 is 2. The lowest BCUT2D eigenvalue weighted by molar-refractivity contribution is -0.309. The number of aryl methyl sites for hydroxylation is 2. The van der Waals surface area contributed by atoms with Crippen LogP contribution in [-0.4, -0.2) is 134 Å². The number of amides is 1. The molecule has 7 rings (SSSR count). The highest BCUT2D eigenvalue weighted by atomic mass is 16.8. The SMILES string of the molecule is C#CCO/N=C(\C)c1c(O)c2ccc(OC3O[C@@](C)(CC=C)[C@H](OC)[C@@H](OC(=O)NOCC#C)[C@H]3O)c(C)c2oc1=O.C=CC[C@]1(C)OC(Oc2ccc3c(O)c(C(C)=NOC)c(=O)oc3c2C)[C@@H]2OC(=O)O[C@@H]2[C@H]1OC. The average molecular weight is 1070 g/mol. The molecule has 24 heteroatoms. The number of nitrogens with zero attached hydrogens (tertiary/aromatic N) is 2. The molecule has 0 spiro atoms. The lowest BCUT2D eigenvalue weighted by Crippen LogP contribution is -2.66. The van der Waals surface area contributed by atoms with Gasteiger partial charge in [0.25, 0.3) is 0 Å². The molecule has 0 radical (unpaired) electrons. The fraction of sp³-hybridized carbons (Fsp3) is 0.434. The van der Waals surface area contributed by atoms with Gasteiger partial charge in [-0.25, -0.2) is 19.2 Å².